The van der Waals surface area contributed by atoms with E-state index in [1.54, 1.807) is 31.3 Å². The van der Waals surface area contributed by atoms with Crippen LogP contribution in [0.3, 0.4) is 0 Å². The summed E-state index contributed by atoms with van der Waals surface area (Å²) in [6, 6.07) is 12.7. The van der Waals surface area contributed by atoms with Gasteiger partial charge in [0.15, 0.2) is 17.4 Å². The molecule has 1 fully saturated rings. The van der Waals surface area contributed by atoms with Gasteiger partial charge in [-0.2, -0.15) is 5.10 Å². The van der Waals surface area contributed by atoms with Gasteiger partial charge in [0, 0.05) is 24.4 Å². The Morgan fingerprint density at radius 1 is 1.15 bits per heavy atom. The average Bonchev–Trinajstić information content (AvgIpc) is 3.51. The summed E-state index contributed by atoms with van der Waals surface area (Å²) < 4.78 is 25.8. The molecular weight excluding hydrogens is 439 g/mol. The quantitative estimate of drug-likeness (QED) is 0.375. The van der Waals surface area contributed by atoms with Gasteiger partial charge >= 0.3 is 5.76 Å². The zero-order valence-electron chi connectivity index (χ0n) is 18.7. The van der Waals surface area contributed by atoms with E-state index in [0.717, 1.165) is 5.69 Å². The predicted molar refractivity (Wildman–Crippen MR) is 123 cm³/mol. The number of benzene rings is 1. The van der Waals surface area contributed by atoms with Crippen molar-refractivity contribution in [1.82, 2.24) is 25.4 Å². The van der Waals surface area contributed by atoms with E-state index in [9.17, 15) is 9.18 Å². The number of aryl methyl sites for hydroxylation is 1. The second-order valence-corrected chi connectivity index (χ2v) is 8.68. The Bertz CT molecular complexity index is 1310. The fraction of sp³-hybridized carbons (Fsp3) is 0.333. The molecule has 1 aromatic carbocycles. The first-order valence-electron chi connectivity index (χ1n) is 11.2. The number of hydrogen-bond acceptors (Lipinski definition) is 7. The Hall–Kier alpha value is -3.95. The molecular formula is C24H25FN6O3. The lowest BCUT2D eigenvalue weighted by Crippen LogP contribution is -2.38. The number of ether oxygens (including phenoxy) is 1. The lowest BCUT2D eigenvalue weighted by molar-refractivity contribution is 0.0988. The molecule has 3 N–H and O–H groups in total. The van der Waals surface area contributed by atoms with E-state index < -0.39 is 11.2 Å². The van der Waals surface area contributed by atoms with Crippen molar-refractivity contribution in [3.63, 3.8) is 0 Å². The van der Waals surface area contributed by atoms with E-state index in [0.29, 0.717) is 55.2 Å². The van der Waals surface area contributed by atoms with Crippen molar-refractivity contribution in [3.8, 4) is 5.75 Å². The third-order valence-electron chi connectivity index (χ3n) is 6.31. The van der Waals surface area contributed by atoms with E-state index in [4.69, 9.17) is 14.1 Å². The third-order valence-corrected chi connectivity index (χ3v) is 6.31. The molecule has 10 heteroatoms. The van der Waals surface area contributed by atoms with E-state index in [1.165, 1.54) is 0 Å². The molecule has 0 saturated heterocycles. The number of nitrogens with zero attached hydrogens (tertiary/aromatic N) is 3. The lowest BCUT2D eigenvalue weighted by atomic mass is 9.70. The van der Waals surface area contributed by atoms with Gasteiger partial charge in [0.25, 0.3) is 0 Å². The first kappa shape index (κ1) is 21.9. The van der Waals surface area contributed by atoms with Crippen LogP contribution in [0.4, 0.5) is 16.0 Å². The number of anilines is 2. The minimum atomic E-state index is -0.587. The van der Waals surface area contributed by atoms with Gasteiger partial charge in [-0.1, -0.05) is 18.2 Å². The summed E-state index contributed by atoms with van der Waals surface area (Å²) in [6.07, 6.45) is 4.74. The van der Waals surface area contributed by atoms with E-state index >= 15 is 0 Å². The van der Waals surface area contributed by atoms with Crippen molar-refractivity contribution < 1.29 is 13.5 Å². The molecule has 3 aromatic heterocycles. The summed E-state index contributed by atoms with van der Waals surface area (Å²) in [6.45, 7) is 1.72. The second kappa shape index (κ2) is 9.12. The van der Waals surface area contributed by atoms with Crippen LogP contribution >= 0.6 is 0 Å². The van der Waals surface area contributed by atoms with Crippen LogP contribution in [-0.2, 0) is 11.8 Å². The van der Waals surface area contributed by atoms with Crippen molar-refractivity contribution in [2.45, 2.75) is 50.5 Å². The number of H-pyrrole nitrogens is 2. The summed E-state index contributed by atoms with van der Waals surface area (Å²) in [5.74, 6) is 1.04. The highest BCUT2D eigenvalue weighted by molar-refractivity contribution is 5.50. The van der Waals surface area contributed by atoms with Crippen molar-refractivity contribution in [2.75, 3.05) is 5.32 Å². The van der Waals surface area contributed by atoms with Crippen LogP contribution in [0.25, 0.3) is 0 Å². The van der Waals surface area contributed by atoms with Crippen LogP contribution in [-0.4, -0.2) is 31.5 Å². The van der Waals surface area contributed by atoms with Gasteiger partial charge in [-0.15, -0.1) is 5.10 Å². The molecule has 0 atom stereocenters. The smallest absolute Gasteiger partial charge is 0.434 e. The summed E-state index contributed by atoms with van der Waals surface area (Å²) in [5.41, 5.74) is 0.855. The van der Waals surface area contributed by atoms with Gasteiger partial charge in [-0.3, -0.25) is 5.10 Å². The summed E-state index contributed by atoms with van der Waals surface area (Å²) in [7, 11) is 0. The Kier molecular flexibility index (Phi) is 5.87. The number of pyridine rings is 1. The highest BCUT2D eigenvalue weighted by atomic mass is 19.1. The van der Waals surface area contributed by atoms with Gasteiger partial charge in [0.1, 0.15) is 5.82 Å². The van der Waals surface area contributed by atoms with Gasteiger partial charge in [0.05, 0.1) is 11.5 Å². The van der Waals surface area contributed by atoms with Crippen LogP contribution in [0.2, 0.25) is 0 Å². The van der Waals surface area contributed by atoms with Crippen molar-refractivity contribution in [3.05, 3.63) is 82.2 Å². The number of aromatic amines is 2. The molecule has 0 spiro atoms. The predicted octanol–water partition coefficient (Wildman–Crippen LogP) is 4.17. The monoisotopic (exact) mass is 464 g/mol. The number of hydrogen-bond donors (Lipinski definition) is 3. The standard InChI is InChI=1S/C24H25FN6O3/c1-15-4-2-6-18(21(15)25)33-17-8-11-24(12-9-17,22-30-31-23(32)34-22)14-16-5-3-7-19(27-16)28-20-10-13-26-29-20/h2-7,10,13,17H,8-9,11-12,14H2,1H3,(H,31,32)(H2,26,27,28,29)/t17-,24-. The summed E-state index contributed by atoms with van der Waals surface area (Å²) >= 11 is 0. The molecule has 3 heterocycles. The van der Waals surface area contributed by atoms with Gasteiger partial charge in [0.2, 0.25) is 5.89 Å². The Labute approximate surface area is 194 Å². The normalized spacial score (nSPS) is 20.2. The van der Waals surface area contributed by atoms with E-state index in [1.807, 2.05) is 24.3 Å². The topological polar surface area (TPSA) is 122 Å². The molecule has 0 radical (unpaired) electrons. The molecule has 0 unspecified atom stereocenters. The van der Waals surface area contributed by atoms with Gasteiger partial charge in [-0.05, 0) is 56.4 Å². The first-order chi connectivity index (χ1) is 16.5. The molecule has 5 rings (SSSR count). The zero-order chi connectivity index (χ0) is 23.5. The first-order valence-corrected chi connectivity index (χ1v) is 11.2. The number of aromatic nitrogens is 5. The van der Waals surface area contributed by atoms with Gasteiger partial charge < -0.3 is 14.5 Å². The average molecular weight is 465 g/mol. The van der Waals surface area contributed by atoms with Crippen LogP contribution in [0.15, 0.2) is 57.9 Å². The fourth-order valence-corrected chi connectivity index (χ4v) is 4.53. The van der Waals surface area contributed by atoms with E-state index in [2.05, 4.69) is 25.7 Å². The zero-order valence-corrected chi connectivity index (χ0v) is 18.7. The van der Waals surface area contributed by atoms with Gasteiger partial charge in [-0.25, -0.2) is 19.3 Å². The van der Waals surface area contributed by atoms with Crippen molar-refractivity contribution in [1.29, 1.82) is 0 Å². The largest absolute Gasteiger partial charge is 0.487 e. The lowest BCUT2D eigenvalue weighted by Gasteiger charge is -2.37. The minimum Gasteiger partial charge on any atom is -0.487 e. The number of halogens is 1. The molecule has 9 nitrogen and oxygen atoms in total. The molecule has 1 saturated carbocycles. The molecule has 176 valence electrons. The summed E-state index contributed by atoms with van der Waals surface area (Å²) in [4.78, 5) is 16.5. The van der Waals surface area contributed by atoms with Crippen LogP contribution in [0.5, 0.6) is 5.75 Å². The maximum Gasteiger partial charge on any atom is 0.434 e. The molecule has 0 bridgehead atoms. The van der Waals surface area contributed by atoms with Crippen LogP contribution < -0.4 is 15.8 Å². The maximum absolute atomic E-state index is 14.4. The highest BCUT2D eigenvalue weighted by Gasteiger charge is 2.42. The van der Waals surface area contributed by atoms with E-state index in [-0.39, 0.29) is 17.7 Å². The molecule has 1 aliphatic carbocycles. The summed E-state index contributed by atoms with van der Waals surface area (Å²) in [5, 5.41) is 16.6. The minimum absolute atomic E-state index is 0.143. The maximum atomic E-state index is 14.4. The molecule has 0 amide bonds. The highest BCUT2D eigenvalue weighted by Crippen LogP contribution is 2.42. The molecule has 0 aliphatic heterocycles. The van der Waals surface area contributed by atoms with Crippen LogP contribution in [0, 0.1) is 12.7 Å². The number of rotatable bonds is 7. The molecule has 4 aromatic rings. The molecule has 34 heavy (non-hydrogen) atoms. The second-order valence-electron chi connectivity index (χ2n) is 8.68. The number of nitrogens with one attached hydrogen (secondary N) is 3. The Morgan fingerprint density at radius 2 is 1.97 bits per heavy atom. The van der Waals surface area contributed by atoms with Crippen LogP contribution in [0.1, 0.15) is 42.8 Å². The molecule has 1 aliphatic rings. The van der Waals surface area contributed by atoms with Crippen molar-refractivity contribution in [2.24, 2.45) is 0 Å². The Balaban J connectivity index is 1.35. The SMILES string of the molecule is Cc1cccc(O[C@H]2CC[C@](Cc3cccc(Nc4cc[nH]n4)n3)(c3n[nH]c(=O)o3)CC2)c1F. The Morgan fingerprint density at radius 3 is 2.71 bits per heavy atom. The third kappa shape index (κ3) is 4.57. The van der Waals surface area contributed by atoms with Crippen molar-refractivity contribution >= 4 is 11.6 Å². The fourth-order valence-electron chi connectivity index (χ4n) is 4.53.